The Balaban J connectivity index is 1.90. The van der Waals surface area contributed by atoms with Crippen LogP contribution < -0.4 is 5.73 Å². The molecule has 2 rings (SSSR count). The van der Waals surface area contributed by atoms with Gasteiger partial charge in [0.15, 0.2) is 0 Å². The van der Waals surface area contributed by atoms with Gasteiger partial charge in [-0.1, -0.05) is 22.0 Å². The van der Waals surface area contributed by atoms with Gasteiger partial charge in [-0.2, -0.15) is 0 Å². The topological polar surface area (TPSA) is 26.0 Å². The fourth-order valence-corrected chi connectivity index (χ4v) is 3.05. The highest BCUT2D eigenvalue weighted by Crippen LogP contribution is 2.22. The number of benzene rings is 2. The number of halogens is 2. The molecule has 2 aromatic rings. The van der Waals surface area contributed by atoms with E-state index < -0.39 is 0 Å². The van der Waals surface area contributed by atoms with E-state index in [4.69, 9.17) is 5.73 Å². The molecule has 20 heavy (non-hydrogen) atoms. The van der Waals surface area contributed by atoms with Crippen LogP contribution in [0.25, 0.3) is 0 Å². The van der Waals surface area contributed by atoms with Gasteiger partial charge in [-0.3, -0.25) is 0 Å². The fourth-order valence-electron chi connectivity index (χ4n) is 1.94. The van der Waals surface area contributed by atoms with Gasteiger partial charge in [0, 0.05) is 21.2 Å². The Bertz CT molecular complexity index is 571. The second kappa shape index (κ2) is 7.25. The highest BCUT2D eigenvalue weighted by Gasteiger charge is 2.08. The Morgan fingerprint density at radius 1 is 1.20 bits per heavy atom. The van der Waals surface area contributed by atoms with Gasteiger partial charge in [0.25, 0.3) is 0 Å². The molecule has 1 unspecified atom stereocenters. The first-order valence-electron chi connectivity index (χ1n) is 6.43. The molecule has 0 aliphatic rings. The van der Waals surface area contributed by atoms with Gasteiger partial charge in [0.2, 0.25) is 0 Å². The number of hydrogen-bond donors (Lipinski definition) is 1. The Morgan fingerprint density at radius 3 is 2.60 bits per heavy atom. The van der Waals surface area contributed by atoms with Crippen LogP contribution in [0.1, 0.15) is 11.1 Å². The van der Waals surface area contributed by atoms with Gasteiger partial charge in [-0.15, -0.1) is 11.8 Å². The highest BCUT2D eigenvalue weighted by atomic mass is 79.9. The lowest BCUT2D eigenvalue weighted by Crippen LogP contribution is -2.26. The van der Waals surface area contributed by atoms with Crippen LogP contribution in [0.2, 0.25) is 0 Å². The maximum Gasteiger partial charge on any atom is 0.123 e. The summed E-state index contributed by atoms with van der Waals surface area (Å²) in [5.74, 6) is 0.621. The van der Waals surface area contributed by atoms with Gasteiger partial charge >= 0.3 is 0 Å². The second-order valence-corrected chi connectivity index (χ2v) is 6.81. The number of rotatable bonds is 5. The molecule has 0 radical (unpaired) electrons. The average molecular weight is 354 g/mol. The molecule has 0 amide bonds. The molecule has 4 heteroatoms. The van der Waals surface area contributed by atoms with E-state index in [9.17, 15) is 4.39 Å². The predicted molar refractivity (Wildman–Crippen MR) is 87.7 cm³/mol. The Kier molecular flexibility index (Phi) is 5.64. The van der Waals surface area contributed by atoms with Crippen LogP contribution in [0.15, 0.2) is 51.8 Å². The molecule has 0 aromatic heterocycles. The third kappa shape index (κ3) is 4.62. The monoisotopic (exact) mass is 353 g/mol. The standard InChI is InChI=1S/C16H17BrFNS/c1-11-2-5-14(18)8-12(11)9-15(19)10-20-16-6-3-13(17)4-7-16/h2-8,15H,9-10,19H2,1H3. The molecule has 0 spiro atoms. The van der Waals surface area contributed by atoms with Crippen molar-refractivity contribution in [2.75, 3.05) is 5.75 Å². The number of thioether (sulfide) groups is 1. The minimum Gasteiger partial charge on any atom is -0.327 e. The molecule has 0 bridgehead atoms. The van der Waals surface area contributed by atoms with Crippen molar-refractivity contribution in [3.05, 3.63) is 63.9 Å². The van der Waals surface area contributed by atoms with E-state index in [1.54, 1.807) is 23.9 Å². The van der Waals surface area contributed by atoms with Gasteiger partial charge in [0.1, 0.15) is 5.82 Å². The number of nitrogens with two attached hydrogens (primary N) is 1. The maximum atomic E-state index is 13.2. The van der Waals surface area contributed by atoms with E-state index in [0.29, 0.717) is 6.42 Å². The first-order chi connectivity index (χ1) is 9.54. The molecule has 0 aliphatic heterocycles. The molecule has 0 saturated carbocycles. The highest BCUT2D eigenvalue weighted by molar-refractivity contribution is 9.10. The van der Waals surface area contributed by atoms with Crippen LogP contribution in [0.3, 0.4) is 0 Å². The minimum absolute atomic E-state index is 0.0177. The van der Waals surface area contributed by atoms with Gasteiger partial charge in [-0.25, -0.2) is 4.39 Å². The molecule has 0 saturated heterocycles. The van der Waals surface area contributed by atoms with Crippen LogP contribution in [0.5, 0.6) is 0 Å². The summed E-state index contributed by atoms with van der Waals surface area (Å²) >= 11 is 5.14. The van der Waals surface area contributed by atoms with E-state index in [2.05, 4.69) is 28.1 Å². The maximum absolute atomic E-state index is 13.2. The molecule has 106 valence electrons. The lowest BCUT2D eigenvalue weighted by atomic mass is 10.0. The number of hydrogen-bond acceptors (Lipinski definition) is 2. The molecule has 2 aromatic carbocycles. The van der Waals surface area contributed by atoms with Crippen LogP contribution in [0.4, 0.5) is 4.39 Å². The third-order valence-corrected chi connectivity index (χ3v) is 4.80. The van der Waals surface area contributed by atoms with Gasteiger partial charge < -0.3 is 5.73 Å². The molecular weight excluding hydrogens is 337 g/mol. The zero-order valence-electron chi connectivity index (χ0n) is 11.3. The van der Waals surface area contributed by atoms with Gasteiger partial charge in [0.05, 0.1) is 0 Å². The molecule has 2 N–H and O–H groups in total. The van der Waals surface area contributed by atoms with Crippen LogP contribution in [0, 0.1) is 12.7 Å². The zero-order valence-corrected chi connectivity index (χ0v) is 13.7. The quantitative estimate of drug-likeness (QED) is 0.797. The van der Waals surface area contributed by atoms with Crippen molar-refractivity contribution >= 4 is 27.7 Å². The summed E-state index contributed by atoms with van der Waals surface area (Å²) in [5.41, 5.74) is 8.24. The predicted octanol–water partition coefficient (Wildman–Crippen LogP) is 4.56. The van der Waals surface area contributed by atoms with E-state index in [1.807, 2.05) is 19.1 Å². The van der Waals surface area contributed by atoms with Crippen molar-refractivity contribution < 1.29 is 4.39 Å². The average Bonchev–Trinajstić information content (AvgIpc) is 2.42. The fraction of sp³-hybridized carbons (Fsp3) is 0.250. The lowest BCUT2D eigenvalue weighted by Gasteiger charge is -2.13. The lowest BCUT2D eigenvalue weighted by molar-refractivity contribution is 0.622. The Morgan fingerprint density at radius 2 is 1.90 bits per heavy atom. The molecule has 0 aliphatic carbocycles. The summed E-state index contributed by atoms with van der Waals surface area (Å²) in [4.78, 5) is 1.19. The van der Waals surface area contributed by atoms with Crippen LogP contribution in [-0.2, 0) is 6.42 Å². The van der Waals surface area contributed by atoms with Crippen molar-refractivity contribution in [2.24, 2.45) is 5.73 Å². The van der Waals surface area contributed by atoms with Crippen molar-refractivity contribution in [2.45, 2.75) is 24.3 Å². The molecule has 0 heterocycles. The van der Waals surface area contributed by atoms with E-state index in [1.165, 1.54) is 11.0 Å². The zero-order chi connectivity index (χ0) is 14.5. The van der Waals surface area contributed by atoms with Crippen molar-refractivity contribution in [1.29, 1.82) is 0 Å². The summed E-state index contributed by atoms with van der Waals surface area (Å²) in [6.45, 7) is 1.99. The van der Waals surface area contributed by atoms with E-state index >= 15 is 0 Å². The molecule has 1 atom stereocenters. The minimum atomic E-state index is -0.196. The van der Waals surface area contributed by atoms with Crippen molar-refractivity contribution in [3.63, 3.8) is 0 Å². The Hall–Kier alpha value is -0.840. The molecule has 1 nitrogen and oxygen atoms in total. The summed E-state index contributed by atoms with van der Waals surface area (Å²) < 4.78 is 14.3. The first-order valence-corrected chi connectivity index (χ1v) is 8.21. The summed E-state index contributed by atoms with van der Waals surface area (Å²) in [6.07, 6.45) is 0.702. The van der Waals surface area contributed by atoms with Crippen molar-refractivity contribution in [1.82, 2.24) is 0 Å². The first kappa shape index (κ1) is 15.5. The SMILES string of the molecule is Cc1ccc(F)cc1CC(N)CSc1ccc(Br)cc1. The van der Waals surface area contributed by atoms with Crippen LogP contribution in [-0.4, -0.2) is 11.8 Å². The third-order valence-electron chi connectivity index (χ3n) is 3.07. The molecule has 0 fully saturated rings. The Labute approximate surface area is 131 Å². The smallest absolute Gasteiger partial charge is 0.123 e. The summed E-state index contributed by atoms with van der Waals surface area (Å²) in [7, 11) is 0. The number of aryl methyl sites for hydroxylation is 1. The second-order valence-electron chi connectivity index (χ2n) is 4.80. The van der Waals surface area contributed by atoms with Crippen molar-refractivity contribution in [3.8, 4) is 0 Å². The van der Waals surface area contributed by atoms with E-state index in [0.717, 1.165) is 21.4 Å². The van der Waals surface area contributed by atoms with E-state index in [-0.39, 0.29) is 11.9 Å². The molecular formula is C16H17BrFNS. The normalized spacial score (nSPS) is 12.4. The summed E-state index contributed by atoms with van der Waals surface area (Å²) in [5, 5.41) is 0. The largest absolute Gasteiger partial charge is 0.327 e. The van der Waals surface area contributed by atoms with Gasteiger partial charge in [-0.05, 0) is 60.9 Å². The summed E-state index contributed by atoms with van der Waals surface area (Å²) in [6, 6.07) is 13.1. The van der Waals surface area contributed by atoms with Crippen LogP contribution >= 0.6 is 27.7 Å².